The largest absolute Gasteiger partial charge is 0.366 e. The minimum atomic E-state index is 0.626. The van der Waals surface area contributed by atoms with E-state index in [1.165, 1.54) is 12.1 Å². The third kappa shape index (κ3) is 2.29. The molecule has 1 aromatic rings. The molecule has 0 bridgehead atoms. The highest BCUT2D eigenvalue weighted by Gasteiger charge is 2.20. The average Bonchev–Trinajstić information content (AvgIpc) is 2.29. The Hall–Kier alpha value is -1.09. The summed E-state index contributed by atoms with van der Waals surface area (Å²) in [6.07, 6.45) is 3.09. The molecule has 0 saturated carbocycles. The number of rotatable bonds is 2. The summed E-state index contributed by atoms with van der Waals surface area (Å²) in [4.78, 5) is 6.73. The van der Waals surface area contributed by atoms with Crippen molar-refractivity contribution < 1.29 is 0 Å². The lowest BCUT2D eigenvalue weighted by molar-refractivity contribution is 0.466. The first-order valence-electron chi connectivity index (χ1n) is 5.71. The van der Waals surface area contributed by atoms with Gasteiger partial charge in [-0.25, -0.2) is 0 Å². The van der Waals surface area contributed by atoms with Crippen molar-refractivity contribution in [1.29, 1.82) is 0 Å². The summed E-state index contributed by atoms with van der Waals surface area (Å²) in [5.41, 5.74) is 2.41. The van der Waals surface area contributed by atoms with Gasteiger partial charge in [-0.2, -0.15) is 0 Å². The fourth-order valence-electron chi connectivity index (χ4n) is 2.17. The lowest BCUT2D eigenvalue weighted by atomic mass is 10.1. The summed E-state index contributed by atoms with van der Waals surface area (Å²) in [5, 5.41) is 3.44. The Labute approximate surface area is 91.5 Å². The number of aromatic nitrogens is 1. The monoisotopic (exact) mass is 205 g/mol. The first-order valence-corrected chi connectivity index (χ1v) is 5.71. The number of nitrogens with one attached hydrogen (secondary N) is 1. The minimum Gasteiger partial charge on any atom is -0.366 e. The van der Waals surface area contributed by atoms with Gasteiger partial charge in [-0.1, -0.05) is 6.92 Å². The van der Waals surface area contributed by atoms with Crippen LogP contribution in [-0.4, -0.2) is 30.7 Å². The summed E-state index contributed by atoms with van der Waals surface area (Å²) in [7, 11) is 0. The molecule has 3 heteroatoms. The van der Waals surface area contributed by atoms with E-state index in [4.69, 9.17) is 0 Å². The number of hydrogen-bond donors (Lipinski definition) is 1. The van der Waals surface area contributed by atoms with Crippen LogP contribution in [0.15, 0.2) is 18.3 Å². The smallest absolute Gasteiger partial charge is 0.0412 e. The molecule has 0 aliphatic carbocycles. The van der Waals surface area contributed by atoms with Crippen LogP contribution in [0.4, 0.5) is 5.69 Å². The van der Waals surface area contributed by atoms with Crippen LogP contribution in [0.25, 0.3) is 0 Å². The molecule has 1 fully saturated rings. The standard InChI is InChI=1S/C12H19N3/c1-3-11-9-13-6-7-15(11)12-4-5-14-10(2)8-12/h4-5,8,11,13H,3,6-7,9H2,1-2H3. The lowest BCUT2D eigenvalue weighted by Gasteiger charge is -2.37. The van der Waals surface area contributed by atoms with Crippen LogP contribution in [0, 0.1) is 6.92 Å². The topological polar surface area (TPSA) is 28.2 Å². The maximum atomic E-state index is 4.24. The van der Waals surface area contributed by atoms with Crippen molar-refractivity contribution >= 4 is 5.69 Å². The molecule has 1 aliphatic rings. The van der Waals surface area contributed by atoms with E-state index in [-0.39, 0.29) is 0 Å². The summed E-state index contributed by atoms with van der Waals surface area (Å²) in [6.45, 7) is 7.57. The van der Waals surface area contributed by atoms with Gasteiger partial charge in [-0.05, 0) is 25.5 Å². The molecule has 1 unspecified atom stereocenters. The van der Waals surface area contributed by atoms with Gasteiger partial charge in [0.05, 0.1) is 0 Å². The van der Waals surface area contributed by atoms with Crippen molar-refractivity contribution in [3.05, 3.63) is 24.0 Å². The molecule has 3 nitrogen and oxygen atoms in total. The van der Waals surface area contributed by atoms with Gasteiger partial charge in [-0.15, -0.1) is 0 Å². The van der Waals surface area contributed by atoms with Crippen LogP contribution < -0.4 is 10.2 Å². The number of piperazine rings is 1. The number of pyridine rings is 1. The van der Waals surface area contributed by atoms with Crippen molar-refractivity contribution in [3.63, 3.8) is 0 Å². The van der Waals surface area contributed by atoms with Crippen LogP contribution in [0.5, 0.6) is 0 Å². The summed E-state index contributed by atoms with van der Waals surface area (Å²) in [5.74, 6) is 0. The van der Waals surface area contributed by atoms with E-state index in [1.54, 1.807) is 0 Å². The predicted molar refractivity (Wildman–Crippen MR) is 63.3 cm³/mol. The Bertz CT molecular complexity index is 324. The Morgan fingerprint density at radius 3 is 3.20 bits per heavy atom. The SMILES string of the molecule is CCC1CNCCN1c1ccnc(C)c1. The molecule has 82 valence electrons. The predicted octanol–water partition coefficient (Wildman–Crippen LogP) is 1.58. The molecule has 1 aliphatic heterocycles. The zero-order valence-electron chi connectivity index (χ0n) is 9.53. The maximum Gasteiger partial charge on any atom is 0.0412 e. The Morgan fingerprint density at radius 1 is 1.60 bits per heavy atom. The van der Waals surface area contributed by atoms with E-state index in [2.05, 4.69) is 34.3 Å². The molecule has 1 saturated heterocycles. The van der Waals surface area contributed by atoms with Crippen LogP contribution in [-0.2, 0) is 0 Å². The Kier molecular flexibility index (Phi) is 3.21. The van der Waals surface area contributed by atoms with Gasteiger partial charge in [0.2, 0.25) is 0 Å². The van der Waals surface area contributed by atoms with Crippen molar-refractivity contribution in [2.24, 2.45) is 0 Å². The molecule has 2 rings (SSSR count). The third-order valence-electron chi connectivity index (χ3n) is 3.03. The van der Waals surface area contributed by atoms with Crippen LogP contribution in [0.2, 0.25) is 0 Å². The number of anilines is 1. The first kappa shape index (κ1) is 10.4. The van der Waals surface area contributed by atoms with Crippen LogP contribution in [0.1, 0.15) is 19.0 Å². The molecular weight excluding hydrogens is 186 g/mol. The molecule has 0 aromatic carbocycles. The van der Waals surface area contributed by atoms with E-state index in [9.17, 15) is 0 Å². The molecule has 0 spiro atoms. The van der Waals surface area contributed by atoms with Gasteiger partial charge in [0.15, 0.2) is 0 Å². The van der Waals surface area contributed by atoms with E-state index < -0.39 is 0 Å². The lowest BCUT2D eigenvalue weighted by Crippen LogP contribution is -2.51. The first-order chi connectivity index (χ1) is 7.31. The summed E-state index contributed by atoms with van der Waals surface area (Å²) in [6, 6.07) is 4.91. The summed E-state index contributed by atoms with van der Waals surface area (Å²) < 4.78 is 0. The molecule has 2 heterocycles. The fraction of sp³-hybridized carbons (Fsp3) is 0.583. The molecule has 0 amide bonds. The van der Waals surface area contributed by atoms with Gasteiger partial charge in [0, 0.05) is 43.3 Å². The van der Waals surface area contributed by atoms with E-state index in [0.717, 1.165) is 25.3 Å². The van der Waals surface area contributed by atoms with Crippen LogP contribution in [0.3, 0.4) is 0 Å². The third-order valence-corrected chi connectivity index (χ3v) is 3.03. The zero-order chi connectivity index (χ0) is 10.7. The number of hydrogen-bond acceptors (Lipinski definition) is 3. The molecule has 1 atom stereocenters. The Balaban J connectivity index is 2.20. The molecule has 1 N–H and O–H groups in total. The highest BCUT2D eigenvalue weighted by molar-refractivity contribution is 5.48. The number of nitrogens with zero attached hydrogens (tertiary/aromatic N) is 2. The summed E-state index contributed by atoms with van der Waals surface area (Å²) >= 11 is 0. The molecule has 1 aromatic heterocycles. The highest BCUT2D eigenvalue weighted by atomic mass is 15.2. The van der Waals surface area contributed by atoms with Gasteiger partial charge in [0.1, 0.15) is 0 Å². The highest BCUT2D eigenvalue weighted by Crippen LogP contribution is 2.19. The van der Waals surface area contributed by atoms with Crippen LogP contribution >= 0.6 is 0 Å². The van der Waals surface area contributed by atoms with Gasteiger partial charge < -0.3 is 10.2 Å². The number of aryl methyl sites for hydroxylation is 1. The molecular formula is C12H19N3. The second kappa shape index (κ2) is 4.62. The zero-order valence-corrected chi connectivity index (χ0v) is 9.53. The van der Waals surface area contributed by atoms with E-state index in [0.29, 0.717) is 6.04 Å². The van der Waals surface area contributed by atoms with Crippen molar-refractivity contribution in [3.8, 4) is 0 Å². The second-order valence-electron chi connectivity index (χ2n) is 4.12. The van der Waals surface area contributed by atoms with E-state index >= 15 is 0 Å². The molecule has 0 radical (unpaired) electrons. The molecule has 15 heavy (non-hydrogen) atoms. The average molecular weight is 205 g/mol. The van der Waals surface area contributed by atoms with Gasteiger partial charge >= 0.3 is 0 Å². The van der Waals surface area contributed by atoms with Gasteiger partial charge in [0.25, 0.3) is 0 Å². The van der Waals surface area contributed by atoms with E-state index in [1.807, 2.05) is 13.1 Å². The fourth-order valence-corrected chi connectivity index (χ4v) is 2.17. The minimum absolute atomic E-state index is 0.626. The van der Waals surface area contributed by atoms with Crippen molar-refractivity contribution in [1.82, 2.24) is 10.3 Å². The van der Waals surface area contributed by atoms with Crippen molar-refractivity contribution in [2.75, 3.05) is 24.5 Å². The van der Waals surface area contributed by atoms with Crippen molar-refractivity contribution in [2.45, 2.75) is 26.3 Å². The quantitative estimate of drug-likeness (QED) is 0.794. The Morgan fingerprint density at radius 2 is 2.47 bits per heavy atom. The van der Waals surface area contributed by atoms with Gasteiger partial charge in [-0.3, -0.25) is 4.98 Å². The normalized spacial score (nSPS) is 21.7. The maximum absolute atomic E-state index is 4.24. The second-order valence-corrected chi connectivity index (χ2v) is 4.12.